The fourth-order valence-electron chi connectivity index (χ4n) is 5.28. The molecule has 39 heavy (non-hydrogen) atoms. The van der Waals surface area contributed by atoms with E-state index in [4.69, 9.17) is 5.73 Å². The van der Waals surface area contributed by atoms with E-state index in [9.17, 15) is 25.2 Å². The number of quaternary nitrogens is 1. The van der Waals surface area contributed by atoms with E-state index in [1.807, 2.05) is 0 Å². The first kappa shape index (κ1) is 41.1. The molecule has 0 amide bonds. The summed E-state index contributed by atoms with van der Waals surface area (Å²) in [4.78, 5) is 0. The molecule has 0 heterocycles. The van der Waals surface area contributed by atoms with Gasteiger partial charge in [0.15, 0.2) is 0 Å². The van der Waals surface area contributed by atoms with Gasteiger partial charge in [0.2, 0.25) is 0 Å². The Labute approximate surface area is 238 Å². The summed E-state index contributed by atoms with van der Waals surface area (Å²) in [5.41, 5.74) is 5.23. The van der Waals surface area contributed by atoms with Crippen molar-refractivity contribution >= 4 is 7.81 Å². The number of halogens is 6. The van der Waals surface area contributed by atoms with Crippen molar-refractivity contribution in [3.63, 3.8) is 0 Å². The first-order valence-corrected chi connectivity index (χ1v) is 18.6. The zero-order valence-electron chi connectivity index (χ0n) is 26.0. The number of rotatable bonds is 27. The van der Waals surface area contributed by atoms with Gasteiger partial charge in [0.25, 0.3) is 0 Å². The van der Waals surface area contributed by atoms with Crippen LogP contribution in [0.15, 0.2) is 0 Å². The van der Waals surface area contributed by atoms with Crippen LogP contribution in [0.1, 0.15) is 194 Å². The molecular weight excluding hydrogens is 531 g/mol. The van der Waals surface area contributed by atoms with Crippen molar-refractivity contribution in [3.8, 4) is 0 Å². The van der Waals surface area contributed by atoms with Crippen LogP contribution >= 0.6 is 7.81 Å². The SMILES string of the molecule is CCCCCCCCCCC([NH3+])(CCCCCCCCCC)CCCCCCCCCC.F[P-](F)(F)(F)(F)F. The molecular formula is C31H66F6NP. The maximum absolute atomic E-state index is 10.7. The van der Waals surface area contributed by atoms with E-state index in [1.54, 1.807) is 0 Å². The van der Waals surface area contributed by atoms with Crippen molar-refractivity contribution in [2.24, 2.45) is 0 Å². The summed E-state index contributed by atoms with van der Waals surface area (Å²) >= 11 is 0. The van der Waals surface area contributed by atoms with Crippen LogP contribution in [0.25, 0.3) is 0 Å². The monoisotopic (exact) mass is 597 g/mol. The first-order chi connectivity index (χ1) is 18.1. The molecule has 0 spiro atoms. The van der Waals surface area contributed by atoms with Crippen LogP contribution in [-0.4, -0.2) is 5.54 Å². The van der Waals surface area contributed by atoms with Crippen LogP contribution < -0.4 is 5.73 Å². The van der Waals surface area contributed by atoms with Gasteiger partial charge in [-0.3, -0.25) is 0 Å². The van der Waals surface area contributed by atoms with Crippen molar-refractivity contribution in [1.29, 1.82) is 0 Å². The molecule has 8 heteroatoms. The minimum atomic E-state index is -10.7. The normalized spacial score (nSPS) is 14.0. The molecule has 0 saturated carbocycles. The molecule has 0 saturated heterocycles. The molecule has 0 aromatic rings. The fourth-order valence-corrected chi connectivity index (χ4v) is 5.28. The van der Waals surface area contributed by atoms with E-state index in [0.29, 0.717) is 5.54 Å². The van der Waals surface area contributed by atoms with Gasteiger partial charge in [-0.05, 0) is 19.3 Å². The summed E-state index contributed by atoms with van der Waals surface area (Å²) in [7, 11) is -10.7. The molecule has 0 fully saturated rings. The molecule has 0 aromatic carbocycles. The quantitative estimate of drug-likeness (QED) is 0.0554. The third-order valence-electron chi connectivity index (χ3n) is 7.68. The Balaban J connectivity index is 0. The zero-order chi connectivity index (χ0) is 30.0. The molecule has 242 valence electrons. The molecule has 0 aromatic heterocycles. The molecule has 0 bridgehead atoms. The van der Waals surface area contributed by atoms with Gasteiger partial charge in [0.05, 0.1) is 5.54 Å². The van der Waals surface area contributed by atoms with Crippen molar-refractivity contribution in [2.75, 3.05) is 0 Å². The van der Waals surface area contributed by atoms with Gasteiger partial charge in [-0.1, -0.05) is 156 Å². The molecule has 0 aliphatic rings. The molecule has 0 rings (SSSR count). The van der Waals surface area contributed by atoms with Gasteiger partial charge in [0, 0.05) is 19.3 Å². The van der Waals surface area contributed by atoms with E-state index < -0.39 is 7.81 Å². The van der Waals surface area contributed by atoms with Gasteiger partial charge in [-0.25, -0.2) is 0 Å². The van der Waals surface area contributed by atoms with Crippen LogP contribution in [0.4, 0.5) is 25.2 Å². The standard InChI is InChI=1S/C31H65N.F6P/c1-4-7-10-13-16-19-22-25-28-31(32,29-26-23-20-17-14-11-8-5-2)30-27-24-21-18-15-12-9-6-3;1-7(2,3,4,5)6/h4-30,32H2,1-3H3;/q;-1/p+1. The zero-order valence-corrected chi connectivity index (χ0v) is 26.9. The first-order valence-electron chi connectivity index (χ1n) is 16.5. The Morgan fingerprint density at radius 2 is 0.513 bits per heavy atom. The van der Waals surface area contributed by atoms with E-state index in [0.717, 1.165) is 0 Å². The van der Waals surface area contributed by atoms with Crippen LogP contribution in [0.3, 0.4) is 0 Å². The van der Waals surface area contributed by atoms with Crippen molar-refractivity contribution < 1.29 is 30.9 Å². The number of unbranched alkanes of at least 4 members (excludes halogenated alkanes) is 21. The number of hydrogen-bond donors (Lipinski definition) is 1. The molecule has 0 aliphatic heterocycles. The maximum atomic E-state index is 9.87. The third kappa shape index (κ3) is 45.2. The average molecular weight is 598 g/mol. The Kier molecular flexibility index (Phi) is 23.8. The van der Waals surface area contributed by atoms with E-state index >= 15 is 0 Å². The van der Waals surface area contributed by atoms with E-state index in [-0.39, 0.29) is 0 Å². The van der Waals surface area contributed by atoms with Crippen molar-refractivity contribution in [1.82, 2.24) is 0 Å². The van der Waals surface area contributed by atoms with Crippen LogP contribution in [0, 0.1) is 0 Å². The van der Waals surface area contributed by atoms with Crippen LogP contribution in [-0.2, 0) is 0 Å². The van der Waals surface area contributed by atoms with Gasteiger partial charge in [-0.2, -0.15) is 0 Å². The summed E-state index contributed by atoms with van der Waals surface area (Å²) in [5.74, 6) is 0. The Bertz CT molecular complexity index is 462. The predicted molar refractivity (Wildman–Crippen MR) is 161 cm³/mol. The molecule has 0 unspecified atom stereocenters. The summed E-state index contributed by atoms with van der Waals surface area (Å²) < 4.78 is 59.2. The molecule has 0 atom stereocenters. The Hall–Kier alpha value is -0.0300. The average Bonchev–Trinajstić information content (AvgIpc) is 2.82. The second-order valence-electron chi connectivity index (χ2n) is 12.1. The fraction of sp³-hybridized carbons (Fsp3) is 1.00. The minimum absolute atomic E-state index is 0.382. The Morgan fingerprint density at radius 1 is 0.359 bits per heavy atom. The van der Waals surface area contributed by atoms with Crippen LogP contribution in [0.5, 0.6) is 0 Å². The van der Waals surface area contributed by atoms with Gasteiger partial charge >= 0.3 is 33.0 Å². The summed E-state index contributed by atoms with van der Waals surface area (Å²) in [6.07, 6.45) is 38.6. The molecule has 3 N–H and O–H groups in total. The predicted octanol–water partition coefficient (Wildman–Crippen LogP) is 13.9. The third-order valence-corrected chi connectivity index (χ3v) is 7.68. The summed E-state index contributed by atoms with van der Waals surface area (Å²) in [6.45, 7) is 6.94. The second kappa shape index (κ2) is 22.6. The van der Waals surface area contributed by atoms with Crippen LogP contribution in [0.2, 0.25) is 0 Å². The van der Waals surface area contributed by atoms with E-state index in [1.165, 1.54) is 173 Å². The topological polar surface area (TPSA) is 27.6 Å². The van der Waals surface area contributed by atoms with Crippen molar-refractivity contribution in [3.05, 3.63) is 0 Å². The van der Waals surface area contributed by atoms with Gasteiger partial charge < -0.3 is 5.73 Å². The summed E-state index contributed by atoms with van der Waals surface area (Å²) in [6, 6.07) is 0. The summed E-state index contributed by atoms with van der Waals surface area (Å²) in [5, 5.41) is 0. The van der Waals surface area contributed by atoms with Gasteiger partial charge in [0.1, 0.15) is 0 Å². The molecule has 0 aliphatic carbocycles. The van der Waals surface area contributed by atoms with E-state index in [2.05, 4.69) is 20.8 Å². The molecule has 0 radical (unpaired) electrons. The second-order valence-corrected chi connectivity index (χ2v) is 14.0. The van der Waals surface area contributed by atoms with Crippen molar-refractivity contribution in [2.45, 2.75) is 200 Å². The Morgan fingerprint density at radius 3 is 0.692 bits per heavy atom. The molecule has 1 nitrogen and oxygen atoms in total. The number of hydrogen-bond acceptors (Lipinski definition) is 0. The van der Waals surface area contributed by atoms with Gasteiger partial charge in [-0.15, -0.1) is 0 Å².